The van der Waals surface area contributed by atoms with Crippen molar-refractivity contribution in [2.75, 3.05) is 12.8 Å². The van der Waals surface area contributed by atoms with E-state index in [2.05, 4.69) is 25.9 Å². The lowest BCUT2D eigenvalue weighted by molar-refractivity contribution is 0.415. The molecule has 4 nitrogen and oxygen atoms in total. The van der Waals surface area contributed by atoms with Crippen LogP contribution in [0.3, 0.4) is 0 Å². The molecule has 0 radical (unpaired) electrons. The molecular formula is C14H12BrN3O. The highest BCUT2D eigenvalue weighted by Gasteiger charge is 2.09. The van der Waals surface area contributed by atoms with Crippen molar-refractivity contribution in [3.63, 3.8) is 0 Å². The molecule has 0 fully saturated rings. The molecule has 1 aromatic heterocycles. The molecule has 19 heavy (non-hydrogen) atoms. The fourth-order valence-electron chi connectivity index (χ4n) is 1.95. The van der Waals surface area contributed by atoms with Crippen molar-refractivity contribution < 1.29 is 4.74 Å². The number of aromatic amines is 1. The van der Waals surface area contributed by atoms with Crippen LogP contribution >= 0.6 is 15.9 Å². The number of anilines is 1. The summed E-state index contributed by atoms with van der Waals surface area (Å²) in [6.07, 6.45) is 0. The highest BCUT2D eigenvalue weighted by Crippen LogP contribution is 2.30. The fraction of sp³-hybridized carbons (Fsp3) is 0.0714. The number of fused-ring (bicyclic) bond motifs is 1. The Balaban J connectivity index is 2.16. The molecular weight excluding hydrogens is 306 g/mol. The molecule has 0 aliphatic carbocycles. The molecule has 0 atom stereocenters. The fourth-order valence-corrected chi connectivity index (χ4v) is 2.47. The number of benzene rings is 2. The molecule has 3 aromatic rings. The maximum absolute atomic E-state index is 5.69. The third-order valence-corrected chi connectivity index (χ3v) is 3.54. The number of nitrogens with zero attached hydrogens (tertiary/aromatic N) is 1. The lowest BCUT2D eigenvalue weighted by atomic mass is 10.2. The van der Waals surface area contributed by atoms with Crippen LogP contribution in [0.5, 0.6) is 5.75 Å². The summed E-state index contributed by atoms with van der Waals surface area (Å²) in [5, 5.41) is 0. The van der Waals surface area contributed by atoms with Gasteiger partial charge in [-0.3, -0.25) is 0 Å². The van der Waals surface area contributed by atoms with E-state index in [0.29, 0.717) is 0 Å². The second-order valence-electron chi connectivity index (χ2n) is 4.21. The van der Waals surface area contributed by atoms with Gasteiger partial charge in [0.05, 0.1) is 12.6 Å². The first kappa shape index (κ1) is 12.0. The molecule has 0 bridgehead atoms. The quantitative estimate of drug-likeness (QED) is 0.710. The zero-order chi connectivity index (χ0) is 13.4. The number of nitrogen functional groups attached to an aromatic ring is 1. The number of halogens is 1. The molecule has 5 heteroatoms. The predicted molar refractivity (Wildman–Crippen MR) is 80.2 cm³/mol. The van der Waals surface area contributed by atoms with E-state index in [1.807, 2.05) is 36.4 Å². The molecule has 0 amide bonds. The molecule has 0 unspecified atom stereocenters. The van der Waals surface area contributed by atoms with E-state index in [0.717, 1.165) is 38.3 Å². The standard InChI is InChI=1S/C14H12BrN3O/c1-19-10-6-11(15)13-12(7-10)17-14(18-13)8-2-4-9(16)5-3-8/h2-7H,16H2,1H3,(H,17,18). The zero-order valence-corrected chi connectivity index (χ0v) is 11.9. The normalized spacial score (nSPS) is 10.8. The van der Waals surface area contributed by atoms with E-state index in [1.165, 1.54) is 0 Å². The van der Waals surface area contributed by atoms with Crippen molar-refractivity contribution >= 4 is 32.7 Å². The van der Waals surface area contributed by atoms with E-state index in [4.69, 9.17) is 10.5 Å². The summed E-state index contributed by atoms with van der Waals surface area (Å²) in [5.41, 5.74) is 9.23. The molecule has 0 spiro atoms. The van der Waals surface area contributed by atoms with Gasteiger partial charge in [0.2, 0.25) is 0 Å². The highest BCUT2D eigenvalue weighted by atomic mass is 79.9. The summed E-state index contributed by atoms with van der Waals surface area (Å²) in [6.45, 7) is 0. The molecule has 96 valence electrons. The molecule has 1 heterocycles. The molecule has 0 saturated carbocycles. The minimum atomic E-state index is 0.739. The Morgan fingerprint density at radius 3 is 2.63 bits per heavy atom. The summed E-state index contributed by atoms with van der Waals surface area (Å²) in [5.74, 6) is 1.59. The number of ether oxygens (including phenoxy) is 1. The second kappa shape index (κ2) is 4.59. The molecule has 3 rings (SSSR count). The van der Waals surface area contributed by atoms with E-state index in [-0.39, 0.29) is 0 Å². The van der Waals surface area contributed by atoms with Gasteiger partial charge in [-0.15, -0.1) is 0 Å². The summed E-state index contributed by atoms with van der Waals surface area (Å²) in [4.78, 5) is 7.87. The van der Waals surface area contributed by atoms with Gasteiger partial charge in [0.25, 0.3) is 0 Å². The number of H-pyrrole nitrogens is 1. The van der Waals surface area contributed by atoms with Gasteiger partial charge in [0, 0.05) is 21.8 Å². The van der Waals surface area contributed by atoms with Gasteiger partial charge in [-0.25, -0.2) is 4.98 Å². The van der Waals surface area contributed by atoms with Crippen molar-refractivity contribution in [3.05, 3.63) is 40.9 Å². The summed E-state index contributed by atoms with van der Waals surface area (Å²) in [7, 11) is 1.64. The van der Waals surface area contributed by atoms with Gasteiger partial charge in [-0.05, 0) is 46.3 Å². The lowest BCUT2D eigenvalue weighted by Gasteiger charge is -1.99. The van der Waals surface area contributed by atoms with Gasteiger partial charge >= 0.3 is 0 Å². The monoisotopic (exact) mass is 317 g/mol. The number of hydrogen-bond donors (Lipinski definition) is 2. The highest BCUT2D eigenvalue weighted by molar-refractivity contribution is 9.10. The molecule has 0 aliphatic rings. The number of nitrogens with two attached hydrogens (primary N) is 1. The third kappa shape index (κ3) is 2.17. The smallest absolute Gasteiger partial charge is 0.138 e. The maximum atomic E-state index is 5.69. The minimum Gasteiger partial charge on any atom is -0.497 e. The average molecular weight is 318 g/mol. The number of rotatable bonds is 2. The van der Waals surface area contributed by atoms with Crippen molar-refractivity contribution in [1.29, 1.82) is 0 Å². The maximum Gasteiger partial charge on any atom is 0.138 e. The van der Waals surface area contributed by atoms with Crippen LogP contribution in [0, 0.1) is 0 Å². The number of hydrogen-bond acceptors (Lipinski definition) is 3. The molecule has 2 aromatic carbocycles. The van der Waals surface area contributed by atoms with Crippen molar-refractivity contribution in [3.8, 4) is 17.1 Å². The van der Waals surface area contributed by atoms with Gasteiger partial charge < -0.3 is 15.5 Å². The number of methoxy groups -OCH3 is 1. The largest absolute Gasteiger partial charge is 0.497 e. The third-order valence-electron chi connectivity index (χ3n) is 2.93. The Labute approximate surface area is 118 Å². The molecule has 0 saturated heterocycles. The van der Waals surface area contributed by atoms with Crippen LogP contribution < -0.4 is 10.5 Å². The van der Waals surface area contributed by atoms with Crippen LogP contribution in [0.4, 0.5) is 5.69 Å². The van der Waals surface area contributed by atoms with Crippen molar-refractivity contribution in [2.45, 2.75) is 0 Å². The van der Waals surface area contributed by atoms with Gasteiger partial charge in [-0.2, -0.15) is 0 Å². The van der Waals surface area contributed by atoms with Gasteiger partial charge in [0.15, 0.2) is 0 Å². The Kier molecular flexibility index (Phi) is 2.91. The molecule has 0 aliphatic heterocycles. The van der Waals surface area contributed by atoms with Crippen LogP contribution in [0.1, 0.15) is 0 Å². The zero-order valence-electron chi connectivity index (χ0n) is 10.3. The molecule has 3 N–H and O–H groups in total. The summed E-state index contributed by atoms with van der Waals surface area (Å²) >= 11 is 3.50. The number of nitrogens with one attached hydrogen (secondary N) is 1. The van der Waals surface area contributed by atoms with Gasteiger partial charge in [0.1, 0.15) is 17.1 Å². The van der Waals surface area contributed by atoms with Crippen molar-refractivity contribution in [2.24, 2.45) is 0 Å². The minimum absolute atomic E-state index is 0.739. The predicted octanol–water partition coefficient (Wildman–Crippen LogP) is 3.58. The van der Waals surface area contributed by atoms with Crippen LogP contribution in [0.15, 0.2) is 40.9 Å². The van der Waals surface area contributed by atoms with Crippen LogP contribution in [-0.4, -0.2) is 17.1 Å². The Hall–Kier alpha value is -2.01. The first-order chi connectivity index (χ1) is 9.17. The first-order valence-electron chi connectivity index (χ1n) is 5.76. The van der Waals surface area contributed by atoms with Gasteiger partial charge in [-0.1, -0.05) is 0 Å². The number of aromatic nitrogens is 2. The van der Waals surface area contributed by atoms with Crippen LogP contribution in [0.25, 0.3) is 22.4 Å². The summed E-state index contributed by atoms with van der Waals surface area (Å²) in [6, 6.07) is 11.4. The average Bonchev–Trinajstić information content (AvgIpc) is 2.84. The van der Waals surface area contributed by atoms with E-state index < -0.39 is 0 Å². The topological polar surface area (TPSA) is 63.9 Å². The lowest BCUT2D eigenvalue weighted by Crippen LogP contribution is -1.84. The SMILES string of the molecule is COc1cc(Br)c2nc(-c3ccc(N)cc3)[nH]c2c1. The van der Waals surface area contributed by atoms with Crippen molar-refractivity contribution in [1.82, 2.24) is 9.97 Å². The first-order valence-corrected chi connectivity index (χ1v) is 6.56. The Bertz CT molecular complexity index is 734. The van der Waals surface area contributed by atoms with E-state index >= 15 is 0 Å². The Morgan fingerprint density at radius 2 is 1.95 bits per heavy atom. The Morgan fingerprint density at radius 1 is 1.21 bits per heavy atom. The second-order valence-corrected chi connectivity index (χ2v) is 5.07. The van der Waals surface area contributed by atoms with E-state index in [1.54, 1.807) is 7.11 Å². The van der Waals surface area contributed by atoms with Crippen LogP contribution in [0.2, 0.25) is 0 Å². The van der Waals surface area contributed by atoms with E-state index in [9.17, 15) is 0 Å². The summed E-state index contributed by atoms with van der Waals surface area (Å²) < 4.78 is 6.14. The van der Waals surface area contributed by atoms with Crippen LogP contribution in [-0.2, 0) is 0 Å². The number of imidazole rings is 1.